The summed E-state index contributed by atoms with van der Waals surface area (Å²) in [5, 5.41) is 0.678. The molecule has 0 aliphatic heterocycles. The molecule has 0 atom stereocenters. The van der Waals surface area contributed by atoms with E-state index in [1.807, 2.05) is 42.8 Å². The van der Waals surface area contributed by atoms with Gasteiger partial charge < -0.3 is 14.4 Å². The third kappa shape index (κ3) is 10.6. The normalized spacial score (nSPS) is 11.3. The van der Waals surface area contributed by atoms with E-state index in [0.717, 1.165) is 66.1 Å². The lowest BCUT2D eigenvalue weighted by Gasteiger charge is -2.23. The molecular weight excluding hydrogens is 616 g/mol. The van der Waals surface area contributed by atoms with E-state index in [2.05, 4.69) is 23.7 Å². The fourth-order valence-electron chi connectivity index (χ4n) is 4.52. The molecule has 0 saturated heterocycles. The summed E-state index contributed by atoms with van der Waals surface area (Å²) >= 11 is 1.47. The van der Waals surface area contributed by atoms with Crippen LogP contribution in [0.15, 0.2) is 82.7 Å². The highest BCUT2D eigenvalue weighted by Gasteiger charge is 2.30. The molecule has 11 heteroatoms. The predicted octanol–water partition coefficient (Wildman–Crippen LogP) is 7.50. The number of alkyl halides is 3. The van der Waals surface area contributed by atoms with E-state index in [1.54, 1.807) is 24.0 Å². The van der Waals surface area contributed by atoms with E-state index >= 15 is 0 Å². The first-order valence-corrected chi connectivity index (χ1v) is 15.9. The lowest BCUT2D eigenvalue weighted by Crippen LogP contribution is -2.34. The van der Waals surface area contributed by atoms with Crippen LogP contribution in [0.3, 0.4) is 0 Å². The molecule has 0 spiro atoms. The van der Waals surface area contributed by atoms with Gasteiger partial charge in [-0.3, -0.25) is 9.59 Å². The van der Waals surface area contributed by atoms with Gasteiger partial charge in [0.25, 0.3) is 5.56 Å². The Kier molecular flexibility index (Phi) is 13.6. The predicted molar refractivity (Wildman–Crippen MR) is 176 cm³/mol. The molecule has 246 valence electrons. The second kappa shape index (κ2) is 17.1. The molecule has 1 amide bonds. The highest BCUT2D eigenvalue weighted by molar-refractivity contribution is 7.98. The Morgan fingerprint density at radius 3 is 1.91 bits per heavy atom. The summed E-state index contributed by atoms with van der Waals surface area (Å²) in [4.78, 5) is 31.0. The molecule has 3 aromatic carbocycles. The van der Waals surface area contributed by atoms with Gasteiger partial charge in [0.15, 0.2) is 5.16 Å². The lowest BCUT2D eigenvalue weighted by atomic mass is 10.0. The number of hydrogen-bond acceptors (Lipinski definition) is 5. The van der Waals surface area contributed by atoms with Gasteiger partial charge in [-0.1, -0.05) is 74.1 Å². The number of amides is 1. The Balaban J connectivity index is 0.000000266. The zero-order valence-electron chi connectivity index (χ0n) is 26.8. The lowest BCUT2D eigenvalue weighted by molar-refractivity contribution is -0.137. The van der Waals surface area contributed by atoms with Crippen LogP contribution in [0, 0.1) is 19.7 Å². The molecule has 4 rings (SSSR count). The first-order valence-electron chi connectivity index (χ1n) is 15.0. The van der Waals surface area contributed by atoms with Crippen molar-refractivity contribution in [1.82, 2.24) is 19.4 Å². The Labute approximate surface area is 272 Å². The molecule has 1 aromatic heterocycles. The molecule has 0 N–H and O–H groups in total. The maximum Gasteiger partial charge on any atom is 0.416 e. The van der Waals surface area contributed by atoms with Crippen LogP contribution < -0.4 is 5.56 Å². The largest absolute Gasteiger partial charge is 0.416 e. The molecule has 0 bridgehead atoms. The number of likely N-dealkylation sites (N-methyl/N-ethyl adjacent to an activating group) is 1. The van der Waals surface area contributed by atoms with Crippen LogP contribution in [0.5, 0.6) is 0 Å². The van der Waals surface area contributed by atoms with Gasteiger partial charge in [-0.15, -0.1) is 0 Å². The molecule has 0 aliphatic carbocycles. The number of halogens is 4. The minimum absolute atomic E-state index is 0.183. The Bertz CT molecular complexity index is 1600. The smallest absolute Gasteiger partial charge is 0.340 e. The van der Waals surface area contributed by atoms with E-state index in [1.165, 1.54) is 36.0 Å². The summed E-state index contributed by atoms with van der Waals surface area (Å²) in [6, 6.07) is 19.0. The number of thioether (sulfide) groups is 1. The molecule has 0 aliphatic rings. The third-order valence-corrected chi connectivity index (χ3v) is 8.87. The summed E-state index contributed by atoms with van der Waals surface area (Å²) in [7, 11) is 1.89. The number of carbonyl (C=O) groups is 1. The maximum absolute atomic E-state index is 12.8. The molecular formula is C35H40F4N4O2S. The van der Waals surface area contributed by atoms with E-state index in [9.17, 15) is 27.2 Å². The van der Waals surface area contributed by atoms with Crippen molar-refractivity contribution in [1.29, 1.82) is 0 Å². The molecule has 4 aromatic rings. The highest BCUT2D eigenvalue weighted by Crippen LogP contribution is 2.31. The molecule has 0 radical (unpaired) electrons. The molecule has 6 nitrogen and oxygen atoms in total. The second-order valence-electron chi connectivity index (χ2n) is 10.8. The van der Waals surface area contributed by atoms with Crippen LogP contribution in [0.1, 0.15) is 41.8 Å². The Morgan fingerprint density at radius 1 is 0.848 bits per heavy atom. The first-order chi connectivity index (χ1) is 21.9. The number of hydrogen-bond donors (Lipinski definition) is 0. The highest BCUT2D eigenvalue weighted by atomic mass is 32.2. The maximum atomic E-state index is 12.8. The second-order valence-corrected chi connectivity index (χ2v) is 11.7. The van der Waals surface area contributed by atoms with Crippen molar-refractivity contribution in [2.45, 2.75) is 51.3 Å². The van der Waals surface area contributed by atoms with Gasteiger partial charge in [0.05, 0.1) is 5.56 Å². The minimum Gasteiger partial charge on any atom is -0.340 e. The van der Waals surface area contributed by atoms with Crippen LogP contribution in [-0.4, -0.2) is 51.9 Å². The van der Waals surface area contributed by atoms with Gasteiger partial charge in [-0.2, -0.15) is 18.2 Å². The van der Waals surface area contributed by atoms with Gasteiger partial charge in [0.1, 0.15) is 5.82 Å². The molecule has 46 heavy (non-hydrogen) atoms. The number of nitrogens with zero attached hydrogens (tertiary/aromatic N) is 4. The monoisotopic (exact) mass is 656 g/mol. The van der Waals surface area contributed by atoms with Crippen LogP contribution >= 0.6 is 11.8 Å². The van der Waals surface area contributed by atoms with Crippen molar-refractivity contribution in [2.75, 3.05) is 26.2 Å². The van der Waals surface area contributed by atoms with Gasteiger partial charge in [0, 0.05) is 43.7 Å². The SMILES string of the molecule is CCN(CC)CCN(C=O)Cc1ccc(-c2ccc(C(F)(F)F)cc2)cc1.Cc1c(C)n(C)c(SCc2ccc(F)cc2)nc1=O. The van der Waals surface area contributed by atoms with Crippen LogP contribution in [0.25, 0.3) is 11.1 Å². The summed E-state index contributed by atoms with van der Waals surface area (Å²) in [6.45, 7) is 11.8. The Morgan fingerprint density at radius 2 is 1.39 bits per heavy atom. The standard InChI is InChI=1S/C21H25F3N2O.C14H15FN2OS/c1-3-25(4-2)13-14-26(16-27)15-17-5-7-18(8-6-17)19-9-11-20(12-10-19)21(22,23)24;1-9-10(2)17(3)14(16-13(9)18)19-8-11-4-6-12(15)7-5-11/h5-12,16H,3-4,13-15H2,1-2H3;4-7H,8H2,1-3H3. The van der Waals surface area contributed by atoms with Crippen molar-refractivity contribution in [3.63, 3.8) is 0 Å². The fourth-order valence-corrected chi connectivity index (χ4v) is 5.49. The zero-order chi connectivity index (χ0) is 33.9. The fraction of sp³-hybridized carbons (Fsp3) is 0.343. The van der Waals surface area contributed by atoms with Crippen molar-refractivity contribution in [2.24, 2.45) is 7.05 Å². The minimum atomic E-state index is -4.33. The van der Waals surface area contributed by atoms with Gasteiger partial charge in [0.2, 0.25) is 6.41 Å². The summed E-state index contributed by atoms with van der Waals surface area (Å²) in [6.07, 6.45) is -3.47. The van der Waals surface area contributed by atoms with Crippen molar-refractivity contribution in [3.05, 3.63) is 117 Å². The van der Waals surface area contributed by atoms with Crippen LogP contribution in [0.4, 0.5) is 17.6 Å². The van der Waals surface area contributed by atoms with E-state index < -0.39 is 11.7 Å². The quantitative estimate of drug-likeness (QED) is 0.0684. The number of carbonyl (C=O) groups excluding carboxylic acids is 1. The number of rotatable bonds is 12. The third-order valence-electron chi connectivity index (χ3n) is 7.76. The topological polar surface area (TPSA) is 58.4 Å². The summed E-state index contributed by atoms with van der Waals surface area (Å²) in [5.74, 6) is 0.411. The molecule has 1 heterocycles. The van der Waals surface area contributed by atoms with E-state index in [4.69, 9.17) is 0 Å². The summed E-state index contributed by atoms with van der Waals surface area (Å²) in [5.41, 5.74) is 4.30. The Hall–Kier alpha value is -3.96. The summed E-state index contributed by atoms with van der Waals surface area (Å²) < 4.78 is 52.7. The van der Waals surface area contributed by atoms with Crippen molar-refractivity contribution >= 4 is 18.2 Å². The number of benzene rings is 3. The van der Waals surface area contributed by atoms with Crippen LogP contribution in [0.2, 0.25) is 0 Å². The molecule has 0 unspecified atom stereocenters. The van der Waals surface area contributed by atoms with Crippen molar-refractivity contribution < 1.29 is 22.4 Å². The van der Waals surface area contributed by atoms with Gasteiger partial charge >= 0.3 is 6.18 Å². The van der Waals surface area contributed by atoms with Crippen LogP contribution in [-0.2, 0) is 30.3 Å². The zero-order valence-corrected chi connectivity index (χ0v) is 27.6. The van der Waals surface area contributed by atoms with Crippen molar-refractivity contribution in [3.8, 4) is 11.1 Å². The first kappa shape index (κ1) is 36.5. The van der Waals surface area contributed by atoms with Gasteiger partial charge in [-0.05, 0) is 73.5 Å². The molecule has 0 saturated carbocycles. The van der Waals surface area contributed by atoms with Gasteiger partial charge in [-0.25, -0.2) is 4.39 Å². The van der Waals surface area contributed by atoms with E-state index in [0.29, 0.717) is 29.6 Å². The molecule has 0 fully saturated rings. The number of aromatic nitrogens is 2. The van der Waals surface area contributed by atoms with E-state index in [-0.39, 0.29) is 11.4 Å². The average molecular weight is 657 g/mol. The average Bonchev–Trinajstić information content (AvgIpc) is 3.05.